The van der Waals surface area contributed by atoms with Gasteiger partial charge in [0.15, 0.2) is 0 Å². The van der Waals surface area contributed by atoms with Gasteiger partial charge in [0.2, 0.25) is 0 Å². The maximum atomic E-state index is 9.33. The highest BCUT2D eigenvalue weighted by atomic mass is 32.2. The molecule has 0 spiro atoms. The Morgan fingerprint density at radius 3 is 2.88 bits per heavy atom. The van der Waals surface area contributed by atoms with Gasteiger partial charge >= 0.3 is 0 Å². The monoisotopic (exact) mass is 375 g/mol. The van der Waals surface area contributed by atoms with Gasteiger partial charge in [-0.25, -0.2) is 0 Å². The van der Waals surface area contributed by atoms with Crippen LogP contribution in [0.15, 0.2) is 23.2 Å². The third kappa shape index (κ3) is 3.71. The molecule has 134 valence electrons. The Morgan fingerprint density at radius 2 is 2.16 bits per heavy atom. The van der Waals surface area contributed by atoms with Crippen molar-refractivity contribution < 1.29 is 5.11 Å². The predicted octanol–water partition coefficient (Wildman–Crippen LogP) is 4.24. The van der Waals surface area contributed by atoms with Crippen molar-refractivity contribution in [2.75, 3.05) is 23.9 Å². The van der Waals surface area contributed by atoms with Crippen LogP contribution in [0.3, 0.4) is 0 Å². The van der Waals surface area contributed by atoms with Crippen molar-refractivity contribution in [2.24, 2.45) is 4.99 Å². The number of rotatable bonds is 6. The molecule has 0 amide bonds. The summed E-state index contributed by atoms with van der Waals surface area (Å²) in [7, 11) is 0. The molecule has 0 saturated heterocycles. The highest BCUT2D eigenvalue weighted by Crippen LogP contribution is 2.33. The van der Waals surface area contributed by atoms with Crippen molar-refractivity contribution in [1.82, 2.24) is 4.98 Å². The standard InChI is InChI=1S/C19H25N3OS2/c1-24-10-12-6-13-8-17(19-21-15(9-23)11-25-19)22-18(13)16(7-12)20-14-4-2-3-5-14/h6-8,14-15,20,22-23H,2-5,9-11H2,1H3. The van der Waals surface area contributed by atoms with Crippen molar-refractivity contribution >= 4 is 45.2 Å². The minimum absolute atomic E-state index is 0.0366. The molecular formula is C19H25N3OS2. The van der Waals surface area contributed by atoms with Gasteiger partial charge in [-0.3, -0.25) is 4.99 Å². The lowest BCUT2D eigenvalue weighted by atomic mass is 10.1. The quantitative estimate of drug-likeness (QED) is 0.707. The lowest BCUT2D eigenvalue weighted by molar-refractivity contribution is 0.277. The van der Waals surface area contributed by atoms with Gasteiger partial charge < -0.3 is 15.4 Å². The van der Waals surface area contributed by atoms with Crippen LogP contribution in [0.1, 0.15) is 36.9 Å². The molecule has 1 aliphatic carbocycles. The molecule has 1 aromatic heterocycles. The number of aliphatic imine (C=N–C) groups is 1. The minimum Gasteiger partial charge on any atom is -0.394 e. The molecule has 25 heavy (non-hydrogen) atoms. The summed E-state index contributed by atoms with van der Waals surface area (Å²) in [4.78, 5) is 8.23. The molecule has 1 aromatic carbocycles. The summed E-state index contributed by atoms with van der Waals surface area (Å²) in [6, 6.07) is 7.43. The lowest BCUT2D eigenvalue weighted by Crippen LogP contribution is -2.14. The fraction of sp³-hybridized carbons (Fsp3) is 0.526. The molecule has 0 bridgehead atoms. The van der Waals surface area contributed by atoms with Crippen LogP contribution >= 0.6 is 23.5 Å². The van der Waals surface area contributed by atoms with Crippen LogP contribution in [0.2, 0.25) is 0 Å². The van der Waals surface area contributed by atoms with Crippen molar-refractivity contribution in [1.29, 1.82) is 0 Å². The highest BCUT2D eigenvalue weighted by Gasteiger charge is 2.21. The maximum Gasteiger partial charge on any atom is 0.115 e. The Labute approximate surface area is 157 Å². The van der Waals surface area contributed by atoms with E-state index < -0.39 is 0 Å². The number of aromatic nitrogens is 1. The van der Waals surface area contributed by atoms with Crippen molar-refractivity contribution in [3.05, 3.63) is 29.5 Å². The van der Waals surface area contributed by atoms with Gasteiger partial charge in [0, 0.05) is 22.9 Å². The summed E-state index contributed by atoms with van der Waals surface area (Å²) in [5.41, 5.74) is 4.84. The molecule has 1 aliphatic heterocycles. The summed E-state index contributed by atoms with van der Waals surface area (Å²) in [5.74, 6) is 1.89. The van der Waals surface area contributed by atoms with Crippen molar-refractivity contribution in [2.45, 2.75) is 43.5 Å². The number of nitrogens with zero attached hydrogens (tertiary/aromatic N) is 1. The SMILES string of the molecule is CSCc1cc(NC2CCCC2)c2[nH]c(C3=NC(CO)CS3)cc2c1. The first kappa shape index (κ1) is 17.3. The molecule has 2 heterocycles. The Morgan fingerprint density at radius 1 is 1.32 bits per heavy atom. The minimum atomic E-state index is 0.0366. The second-order valence-corrected chi connectivity index (χ2v) is 8.81. The molecule has 1 unspecified atom stereocenters. The van der Waals surface area contributed by atoms with Gasteiger partial charge in [0.1, 0.15) is 5.04 Å². The summed E-state index contributed by atoms with van der Waals surface area (Å²) in [6.45, 7) is 0.128. The van der Waals surface area contributed by atoms with Gasteiger partial charge in [0.25, 0.3) is 0 Å². The number of aromatic amines is 1. The molecule has 4 rings (SSSR count). The van der Waals surface area contributed by atoms with Crippen LogP contribution in [0.5, 0.6) is 0 Å². The van der Waals surface area contributed by atoms with Crippen LogP contribution in [-0.4, -0.2) is 45.8 Å². The first-order valence-corrected chi connectivity index (χ1v) is 11.4. The molecule has 4 nitrogen and oxygen atoms in total. The number of H-pyrrole nitrogens is 1. The summed E-state index contributed by atoms with van der Waals surface area (Å²) < 4.78 is 0. The number of thioether (sulfide) groups is 2. The van der Waals surface area contributed by atoms with E-state index in [-0.39, 0.29) is 12.6 Å². The molecule has 6 heteroatoms. The van der Waals surface area contributed by atoms with Crippen LogP contribution in [0.4, 0.5) is 5.69 Å². The highest BCUT2D eigenvalue weighted by molar-refractivity contribution is 8.14. The summed E-state index contributed by atoms with van der Waals surface area (Å²) in [5, 5.41) is 15.4. The smallest absolute Gasteiger partial charge is 0.115 e. The van der Waals surface area contributed by atoms with Crippen LogP contribution in [0, 0.1) is 0 Å². The second-order valence-electron chi connectivity index (χ2n) is 6.93. The van der Waals surface area contributed by atoms with Crippen LogP contribution in [-0.2, 0) is 5.75 Å². The second kappa shape index (κ2) is 7.64. The molecule has 2 aromatic rings. The van der Waals surface area contributed by atoms with Gasteiger partial charge in [-0.15, -0.1) is 11.8 Å². The van der Waals surface area contributed by atoms with E-state index in [0.29, 0.717) is 6.04 Å². The number of fused-ring (bicyclic) bond motifs is 1. The maximum absolute atomic E-state index is 9.33. The van der Waals surface area contributed by atoms with E-state index in [1.807, 2.05) is 11.8 Å². The average Bonchev–Trinajstić information content (AvgIpc) is 3.35. The largest absolute Gasteiger partial charge is 0.394 e. The Hall–Kier alpha value is -1.11. The molecule has 1 saturated carbocycles. The van der Waals surface area contributed by atoms with Crippen molar-refractivity contribution in [3.8, 4) is 0 Å². The number of nitrogens with one attached hydrogen (secondary N) is 2. The van der Waals surface area contributed by atoms with Gasteiger partial charge in [0.05, 0.1) is 29.5 Å². The van der Waals surface area contributed by atoms with Gasteiger partial charge in [-0.1, -0.05) is 12.8 Å². The van der Waals surface area contributed by atoms with E-state index in [2.05, 4.69) is 39.7 Å². The van der Waals surface area contributed by atoms with Gasteiger partial charge in [-0.2, -0.15) is 11.8 Å². The number of hydrogen-bond acceptors (Lipinski definition) is 5. The number of aliphatic hydroxyl groups excluding tert-OH is 1. The van der Waals surface area contributed by atoms with Crippen LogP contribution in [0.25, 0.3) is 10.9 Å². The Kier molecular flexibility index (Phi) is 5.29. The molecule has 1 fully saturated rings. The Bertz CT molecular complexity index is 780. The first-order valence-electron chi connectivity index (χ1n) is 9.00. The first-order chi connectivity index (χ1) is 12.3. The number of hydrogen-bond donors (Lipinski definition) is 3. The average molecular weight is 376 g/mol. The fourth-order valence-corrected chi connectivity index (χ4v) is 5.25. The van der Waals surface area contributed by atoms with Crippen molar-refractivity contribution in [3.63, 3.8) is 0 Å². The van der Waals surface area contributed by atoms with E-state index in [0.717, 1.165) is 22.2 Å². The van der Waals surface area contributed by atoms with Crippen LogP contribution < -0.4 is 5.32 Å². The van der Waals surface area contributed by atoms with E-state index in [1.54, 1.807) is 11.8 Å². The number of aliphatic hydroxyl groups is 1. The molecular weight excluding hydrogens is 350 g/mol. The summed E-state index contributed by atoms with van der Waals surface area (Å²) in [6.07, 6.45) is 7.34. The van der Waals surface area contributed by atoms with E-state index in [4.69, 9.17) is 0 Å². The zero-order valence-corrected chi connectivity index (χ0v) is 16.2. The van der Waals surface area contributed by atoms with E-state index >= 15 is 0 Å². The zero-order valence-electron chi connectivity index (χ0n) is 14.5. The Balaban J connectivity index is 1.71. The topological polar surface area (TPSA) is 60.4 Å². The molecule has 2 aliphatic rings. The summed E-state index contributed by atoms with van der Waals surface area (Å²) >= 11 is 3.59. The van der Waals surface area contributed by atoms with Gasteiger partial charge in [-0.05, 0) is 42.9 Å². The predicted molar refractivity (Wildman–Crippen MR) is 111 cm³/mol. The third-order valence-corrected chi connectivity index (χ3v) is 6.74. The third-order valence-electron chi connectivity index (χ3n) is 4.97. The normalized spacial score (nSPS) is 21.2. The lowest BCUT2D eigenvalue weighted by Gasteiger charge is -2.15. The molecule has 1 atom stereocenters. The number of anilines is 1. The van der Waals surface area contributed by atoms with E-state index in [9.17, 15) is 5.11 Å². The molecule has 0 radical (unpaired) electrons. The molecule has 3 N–H and O–H groups in total. The number of benzene rings is 1. The fourth-order valence-electron chi connectivity index (χ4n) is 3.73. The van der Waals surface area contributed by atoms with E-state index in [1.165, 1.54) is 47.8 Å². The zero-order chi connectivity index (χ0) is 17.2.